The standard InChI is InChI=1S/C16H15FN4/c1-11-9-12(17)7-8-14(11)16(18)15-10-19-21(20-15)13-5-3-2-4-6-13/h2-10,16H,18H2,1H3. The Morgan fingerprint density at radius 2 is 1.90 bits per heavy atom. The normalized spacial score (nSPS) is 12.3. The van der Waals surface area contributed by atoms with Crippen molar-refractivity contribution in [3.8, 4) is 5.69 Å². The number of rotatable bonds is 3. The highest BCUT2D eigenvalue weighted by Crippen LogP contribution is 2.22. The number of nitrogens with two attached hydrogens (primary N) is 1. The molecule has 0 saturated carbocycles. The minimum atomic E-state index is -0.428. The predicted molar refractivity (Wildman–Crippen MR) is 78.5 cm³/mol. The van der Waals surface area contributed by atoms with Crippen LogP contribution in [0.15, 0.2) is 54.7 Å². The van der Waals surface area contributed by atoms with Crippen molar-refractivity contribution in [3.63, 3.8) is 0 Å². The minimum Gasteiger partial charge on any atom is -0.319 e. The van der Waals surface area contributed by atoms with E-state index in [9.17, 15) is 4.39 Å². The summed E-state index contributed by atoms with van der Waals surface area (Å²) < 4.78 is 13.2. The van der Waals surface area contributed by atoms with Crippen LogP contribution in [0.1, 0.15) is 22.9 Å². The second-order valence-corrected chi connectivity index (χ2v) is 4.87. The first-order chi connectivity index (χ1) is 10.1. The van der Waals surface area contributed by atoms with Gasteiger partial charge in [-0.1, -0.05) is 24.3 Å². The van der Waals surface area contributed by atoms with Crippen molar-refractivity contribution in [1.82, 2.24) is 15.0 Å². The van der Waals surface area contributed by atoms with Crippen LogP contribution in [-0.2, 0) is 0 Å². The SMILES string of the molecule is Cc1cc(F)ccc1C(N)c1cnn(-c2ccccc2)n1. The van der Waals surface area contributed by atoms with E-state index in [1.807, 2.05) is 37.3 Å². The van der Waals surface area contributed by atoms with Gasteiger partial charge in [0, 0.05) is 0 Å². The van der Waals surface area contributed by atoms with Crippen molar-refractivity contribution in [2.45, 2.75) is 13.0 Å². The molecule has 1 atom stereocenters. The van der Waals surface area contributed by atoms with Gasteiger partial charge in [-0.25, -0.2) is 4.39 Å². The smallest absolute Gasteiger partial charge is 0.123 e. The van der Waals surface area contributed by atoms with E-state index >= 15 is 0 Å². The molecule has 0 aliphatic carbocycles. The van der Waals surface area contributed by atoms with Gasteiger partial charge in [0.05, 0.1) is 17.9 Å². The van der Waals surface area contributed by atoms with Crippen LogP contribution in [0.3, 0.4) is 0 Å². The lowest BCUT2D eigenvalue weighted by Crippen LogP contribution is -2.14. The zero-order chi connectivity index (χ0) is 14.8. The van der Waals surface area contributed by atoms with Gasteiger partial charge in [-0.05, 0) is 42.3 Å². The first kappa shape index (κ1) is 13.5. The van der Waals surface area contributed by atoms with Crippen LogP contribution in [0.2, 0.25) is 0 Å². The molecule has 5 heteroatoms. The van der Waals surface area contributed by atoms with Gasteiger partial charge in [0.2, 0.25) is 0 Å². The lowest BCUT2D eigenvalue weighted by atomic mass is 10.00. The molecular formula is C16H15FN4. The third-order valence-corrected chi connectivity index (χ3v) is 3.38. The number of nitrogens with zero attached hydrogens (tertiary/aromatic N) is 3. The second kappa shape index (κ2) is 5.46. The van der Waals surface area contributed by atoms with E-state index in [-0.39, 0.29) is 5.82 Å². The average molecular weight is 282 g/mol. The second-order valence-electron chi connectivity index (χ2n) is 4.87. The highest BCUT2D eigenvalue weighted by atomic mass is 19.1. The van der Waals surface area contributed by atoms with E-state index in [0.29, 0.717) is 5.69 Å². The van der Waals surface area contributed by atoms with E-state index in [0.717, 1.165) is 16.8 Å². The molecule has 0 amide bonds. The van der Waals surface area contributed by atoms with E-state index in [1.165, 1.54) is 16.9 Å². The summed E-state index contributed by atoms with van der Waals surface area (Å²) in [4.78, 5) is 1.54. The monoisotopic (exact) mass is 282 g/mol. The summed E-state index contributed by atoms with van der Waals surface area (Å²) in [5, 5.41) is 8.64. The van der Waals surface area contributed by atoms with Gasteiger partial charge in [0.15, 0.2) is 0 Å². The Kier molecular flexibility index (Phi) is 3.50. The van der Waals surface area contributed by atoms with Gasteiger partial charge >= 0.3 is 0 Å². The quantitative estimate of drug-likeness (QED) is 0.803. The molecule has 1 aromatic heterocycles. The molecule has 0 aliphatic heterocycles. The fourth-order valence-corrected chi connectivity index (χ4v) is 2.25. The van der Waals surface area contributed by atoms with Crippen LogP contribution in [-0.4, -0.2) is 15.0 Å². The maximum absolute atomic E-state index is 13.2. The van der Waals surface area contributed by atoms with Crippen molar-refractivity contribution in [1.29, 1.82) is 0 Å². The maximum atomic E-state index is 13.2. The molecule has 106 valence electrons. The molecule has 1 unspecified atom stereocenters. The zero-order valence-electron chi connectivity index (χ0n) is 11.6. The fourth-order valence-electron chi connectivity index (χ4n) is 2.25. The third-order valence-electron chi connectivity index (χ3n) is 3.38. The van der Waals surface area contributed by atoms with Crippen molar-refractivity contribution >= 4 is 0 Å². The Labute approximate surface area is 122 Å². The molecule has 4 nitrogen and oxygen atoms in total. The van der Waals surface area contributed by atoms with Crippen LogP contribution in [0, 0.1) is 12.7 Å². The molecular weight excluding hydrogens is 267 g/mol. The lowest BCUT2D eigenvalue weighted by Gasteiger charge is -2.12. The Morgan fingerprint density at radius 1 is 1.14 bits per heavy atom. The molecule has 1 heterocycles. The Bertz CT molecular complexity index is 752. The van der Waals surface area contributed by atoms with Gasteiger partial charge < -0.3 is 5.73 Å². The van der Waals surface area contributed by atoms with Crippen LogP contribution in [0.5, 0.6) is 0 Å². The molecule has 0 aliphatic rings. The number of hydrogen-bond acceptors (Lipinski definition) is 3. The first-order valence-electron chi connectivity index (χ1n) is 6.64. The van der Waals surface area contributed by atoms with Gasteiger partial charge in [0.25, 0.3) is 0 Å². The molecule has 2 aromatic carbocycles. The molecule has 0 spiro atoms. The number of halogens is 1. The summed E-state index contributed by atoms with van der Waals surface area (Å²) in [6.07, 6.45) is 1.64. The van der Waals surface area contributed by atoms with Crippen LogP contribution in [0.25, 0.3) is 5.69 Å². The molecule has 0 saturated heterocycles. The Hall–Kier alpha value is -2.53. The number of aromatic nitrogens is 3. The Morgan fingerprint density at radius 3 is 2.62 bits per heavy atom. The molecule has 0 fully saturated rings. The van der Waals surface area contributed by atoms with E-state index < -0.39 is 6.04 Å². The summed E-state index contributed by atoms with van der Waals surface area (Å²) in [5.74, 6) is -0.267. The van der Waals surface area contributed by atoms with Crippen LogP contribution in [0.4, 0.5) is 4.39 Å². The zero-order valence-corrected chi connectivity index (χ0v) is 11.6. The highest BCUT2D eigenvalue weighted by molar-refractivity contribution is 5.34. The fraction of sp³-hybridized carbons (Fsp3) is 0.125. The van der Waals surface area contributed by atoms with Gasteiger partial charge in [0.1, 0.15) is 11.5 Å². The van der Waals surface area contributed by atoms with Crippen LogP contribution < -0.4 is 5.73 Å². The van der Waals surface area contributed by atoms with Gasteiger partial charge in [-0.15, -0.1) is 0 Å². The maximum Gasteiger partial charge on any atom is 0.123 e. The summed E-state index contributed by atoms with van der Waals surface area (Å²) in [6, 6.07) is 13.7. The van der Waals surface area contributed by atoms with Crippen molar-refractivity contribution in [2.24, 2.45) is 5.73 Å². The summed E-state index contributed by atoms with van der Waals surface area (Å²) in [6.45, 7) is 1.83. The number of benzene rings is 2. The van der Waals surface area contributed by atoms with Crippen molar-refractivity contribution in [2.75, 3.05) is 0 Å². The Balaban J connectivity index is 1.92. The molecule has 0 radical (unpaired) electrons. The highest BCUT2D eigenvalue weighted by Gasteiger charge is 2.15. The number of aryl methyl sites for hydroxylation is 1. The van der Waals surface area contributed by atoms with Crippen molar-refractivity contribution < 1.29 is 4.39 Å². The molecule has 21 heavy (non-hydrogen) atoms. The number of para-hydroxylation sites is 1. The largest absolute Gasteiger partial charge is 0.319 e. The molecule has 3 aromatic rings. The number of hydrogen-bond donors (Lipinski definition) is 1. The minimum absolute atomic E-state index is 0.267. The topological polar surface area (TPSA) is 56.7 Å². The summed E-state index contributed by atoms with van der Waals surface area (Å²) >= 11 is 0. The van der Waals surface area contributed by atoms with E-state index in [4.69, 9.17) is 5.73 Å². The summed E-state index contributed by atoms with van der Waals surface area (Å²) in [5.41, 5.74) is 9.38. The van der Waals surface area contributed by atoms with E-state index in [2.05, 4.69) is 10.2 Å². The summed E-state index contributed by atoms with van der Waals surface area (Å²) in [7, 11) is 0. The predicted octanol–water partition coefficient (Wildman–Crippen LogP) is 2.76. The average Bonchev–Trinajstić information content (AvgIpc) is 2.97. The van der Waals surface area contributed by atoms with Gasteiger partial charge in [-0.2, -0.15) is 15.0 Å². The molecule has 2 N–H and O–H groups in total. The van der Waals surface area contributed by atoms with Crippen LogP contribution >= 0.6 is 0 Å². The lowest BCUT2D eigenvalue weighted by molar-refractivity contribution is 0.624. The first-order valence-corrected chi connectivity index (χ1v) is 6.64. The van der Waals surface area contributed by atoms with E-state index in [1.54, 1.807) is 12.3 Å². The molecule has 3 rings (SSSR count). The van der Waals surface area contributed by atoms with Gasteiger partial charge in [-0.3, -0.25) is 0 Å². The molecule has 0 bridgehead atoms. The van der Waals surface area contributed by atoms with Crippen molar-refractivity contribution in [3.05, 3.63) is 77.4 Å². The third kappa shape index (κ3) is 2.68.